The van der Waals surface area contributed by atoms with Gasteiger partial charge in [-0.2, -0.15) is 0 Å². The van der Waals surface area contributed by atoms with Crippen molar-refractivity contribution >= 4 is 5.91 Å². The van der Waals surface area contributed by atoms with Gasteiger partial charge in [0.05, 0.1) is 6.04 Å². The van der Waals surface area contributed by atoms with Crippen LogP contribution in [0.4, 0.5) is 0 Å². The second kappa shape index (κ2) is 7.17. The van der Waals surface area contributed by atoms with Gasteiger partial charge in [0.15, 0.2) is 0 Å². The average Bonchev–Trinajstić information content (AvgIpc) is 2.43. The maximum atomic E-state index is 12.3. The van der Waals surface area contributed by atoms with E-state index in [1.54, 1.807) is 0 Å². The monoisotopic (exact) mass is 248 g/mol. The number of amides is 1. The van der Waals surface area contributed by atoms with Gasteiger partial charge in [-0.05, 0) is 18.4 Å². The SMILES string of the molecule is CC[C@H](C)[C@H](N)C(=O)N(CC)Cc1ccccc1. The average molecular weight is 248 g/mol. The van der Waals surface area contributed by atoms with Crippen LogP contribution < -0.4 is 5.73 Å². The fourth-order valence-corrected chi connectivity index (χ4v) is 1.86. The number of likely N-dealkylation sites (N-methyl/N-ethyl adjacent to an activating group) is 1. The van der Waals surface area contributed by atoms with Crippen LogP contribution in [-0.2, 0) is 11.3 Å². The molecule has 18 heavy (non-hydrogen) atoms. The van der Waals surface area contributed by atoms with Crippen molar-refractivity contribution in [3.63, 3.8) is 0 Å². The molecule has 3 nitrogen and oxygen atoms in total. The van der Waals surface area contributed by atoms with Crippen LogP contribution in [0.2, 0.25) is 0 Å². The van der Waals surface area contributed by atoms with Gasteiger partial charge in [0.25, 0.3) is 0 Å². The second-order valence-electron chi connectivity index (χ2n) is 4.75. The van der Waals surface area contributed by atoms with Crippen molar-refractivity contribution < 1.29 is 4.79 Å². The van der Waals surface area contributed by atoms with Gasteiger partial charge in [-0.3, -0.25) is 4.79 Å². The van der Waals surface area contributed by atoms with E-state index in [1.165, 1.54) is 0 Å². The summed E-state index contributed by atoms with van der Waals surface area (Å²) in [7, 11) is 0. The van der Waals surface area contributed by atoms with E-state index in [4.69, 9.17) is 5.73 Å². The van der Waals surface area contributed by atoms with E-state index < -0.39 is 6.04 Å². The van der Waals surface area contributed by atoms with Crippen LogP contribution in [0, 0.1) is 5.92 Å². The molecule has 0 aliphatic heterocycles. The molecule has 0 aliphatic carbocycles. The smallest absolute Gasteiger partial charge is 0.240 e. The molecule has 0 unspecified atom stereocenters. The Morgan fingerprint density at radius 2 is 1.89 bits per heavy atom. The first-order chi connectivity index (χ1) is 8.60. The molecule has 3 heteroatoms. The summed E-state index contributed by atoms with van der Waals surface area (Å²) >= 11 is 0. The molecular weight excluding hydrogens is 224 g/mol. The maximum absolute atomic E-state index is 12.3. The molecule has 0 saturated heterocycles. The van der Waals surface area contributed by atoms with Crippen molar-refractivity contribution in [1.29, 1.82) is 0 Å². The van der Waals surface area contributed by atoms with E-state index in [0.29, 0.717) is 13.1 Å². The zero-order chi connectivity index (χ0) is 13.5. The Bertz CT molecular complexity index is 364. The van der Waals surface area contributed by atoms with Gasteiger partial charge < -0.3 is 10.6 Å². The molecule has 0 heterocycles. The highest BCUT2D eigenvalue weighted by Gasteiger charge is 2.23. The van der Waals surface area contributed by atoms with Crippen LogP contribution >= 0.6 is 0 Å². The van der Waals surface area contributed by atoms with Gasteiger partial charge in [-0.1, -0.05) is 50.6 Å². The van der Waals surface area contributed by atoms with Crippen molar-refractivity contribution in [3.05, 3.63) is 35.9 Å². The Morgan fingerprint density at radius 3 is 2.39 bits per heavy atom. The quantitative estimate of drug-likeness (QED) is 0.840. The third kappa shape index (κ3) is 3.84. The van der Waals surface area contributed by atoms with E-state index in [9.17, 15) is 4.79 Å². The van der Waals surface area contributed by atoms with Crippen LogP contribution in [0.3, 0.4) is 0 Å². The van der Waals surface area contributed by atoms with Gasteiger partial charge in [0, 0.05) is 13.1 Å². The Balaban J connectivity index is 2.69. The Morgan fingerprint density at radius 1 is 1.28 bits per heavy atom. The zero-order valence-corrected chi connectivity index (χ0v) is 11.6. The highest BCUT2D eigenvalue weighted by molar-refractivity contribution is 5.81. The minimum absolute atomic E-state index is 0.0516. The predicted molar refractivity (Wildman–Crippen MR) is 75.0 cm³/mol. The van der Waals surface area contributed by atoms with Crippen molar-refractivity contribution in [2.24, 2.45) is 11.7 Å². The summed E-state index contributed by atoms with van der Waals surface area (Å²) in [4.78, 5) is 14.1. The normalized spacial score (nSPS) is 14.0. The number of carbonyl (C=O) groups is 1. The number of carbonyl (C=O) groups excluding carboxylic acids is 1. The van der Waals surface area contributed by atoms with Gasteiger partial charge in [-0.25, -0.2) is 0 Å². The fourth-order valence-electron chi connectivity index (χ4n) is 1.86. The lowest BCUT2D eigenvalue weighted by Crippen LogP contribution is -2.46. The number of rotatable bonds is 6. The van der Waals surface area contributed by atoms with E-state index in [-0.39, 0.29) is 11.8 Å². The minimum atomic E-state index is -0.390. The third-order valence-electron chi connectivity index (χ3n) is 3.45. The number of nitrogens with two attached hydrogens (primary N) is 1. The Kier molecular flexibility index (Phi) is 5.86. The molecule has 0 spiro atoms. The largest absolute Gasteiger partial charge is 0.337 e. The Labute approximate surface area is 110 Å². The van der Waals surface area contributed by atoms with Crippen molar-refractivity contribution in [3.8, 4) is 0 Å². The topological polar surface area (TPSA) is 46.3 Å². The summed E-state index contributed by atoms with van der Waals surface area (Å²) in [5.74, 6) is 0.276. The lowest BCUT2D eigenvalue weighted by atomic mass is 9.98. The summed E-state index contributed by atoms with van der Waals surface area (Å²) in [6, 6.07) is 9.63. The van der Waals surface area contributed by atoms with Crippen LogP contribution in [0.15, 0.2) is 30.3 Å². The molecule has 100 valence electrons. The molecule has 2 atom stereocenters. The van der Waals surface area contributed by atoms with E-state index in [1.807, 2.05) is 49.1 Å². The third-order valence-corrected chi connectivity index (χ3v) is 3.45. The molecular formula is C15H24N2O. The highest BCUT2D eigenvalue weighted by Crippen LogP contribution is 2.11. The van der Waals surface area contributed by atoms with Gasteiger partial charge in [0.2, 0.25) is 5.91 Å². The number of benzene rings is 1. The first kappa shape index (κ1) is 14.7. The second-order valence-corrected chi connectivity index (χ2v) is 4.75. The lowest BCUT2D eigenvalue weighted by Gasteiger charge is -2.27. The number of nitrogens with zero attached hydrogens (tertiary/aromatic N) is 1. The predicted octanol–water partition coefficient (Wildman–Crippen LogP) is 2.41. The Hall–Kier alpha value is -1.35. The van der Waals surface area contributed by atoms with E-state index >= 15 is 0 Å². The molecule has 0 radical (unpaired) electrons. The lowest BCUT2D eigenvalue weighted by molar-refractivity contribution is -0.134. The summed E-state index contributed by atoms with van der Waals surface area (Å²) in [6.07, 6.45) is 0.926. The first-order valence-corrected chi connectivity index (χ1v) is 6.68. The van der Waals surface area contributed by atoms with Crippen molar-refractivity contribution in [1.82, 2.24) is 4.90 Å². The number of hydrogen-bond donors (Lipinski definition) is 1. The zero-order valence-electron chi connectivity index (χ0n) is 11.6. The molecule has 1 amide bonds. The van der Waals surface area contributed by atoms with Crippen LogP contribution in [0.25, 0.3) is 0 Å². The van der Waals surface area contributed by atoms with Gasteiger partial charge in [-0.15, -0.1) is 0 Å². The molecule has 2 N–H and O–H groups in total. The first-order valence-electron chi connectivity index (χ1n) is 6.68. The highest BCUT2D eigenvalue weighted by atomic mass is 16.2. The summed E-state index contributed by atoms with van der Waals surface area (Å²) < 4.78 is 0. The molecule has 0 aliphatic rings. The fraction of sp³-hybridized carbons (Fsp3) is 0.533. The standard InChI is InChI=1S/C15H24N2O/c1-4-12(3)14(16)15(18)17(5-2)11-13-9-7-6-8-10-13/h6-10,12,14H,4-5,11,16H2,1-3H3/t12-,14-/m0/s1. The number of hydrogen-bond acceptors (Lipinski definition) is 2. The van der Waals surface area contributed by atoms with Crippen LogP contribution in [0.1, 0.15) is 32.8 Å². The van der Waals surface area contributed by atoms with E-state index in [2.05, 4.69) is 6.92 Å². The summed E-state index contributed by atoms with van der Waals surface area (Å²) in [5, 5.41) is 0. The molecule has 0 fully saturated rings. The van der Waals surface area contributed by atoms with Gasteiger partial charge >= 0.3 is 0 Å². The van der Waals surface area contributed by atoms with Crippen LogP contribution in [0.5, 0.6) is 0 Å². The summed E-state index contributed by atoms with van der Waals surface area (Å²) in [6.45, 7) is 7.41. The van der Waals surface area contributed by atoms with Crippen molar-refractivity contribution in [2.45, 2.75) is 39.8 Å². The molecule has 1 aromatic rings. The van der Waals surface area contributed by atoms with Crippen molar-refractivity contribution in [2.75, 3.05) is 6.54 Å². The molecule has 0 aromatic heterocycles. The minimum Gasteiger partial charge on any atom is -0.337 e. The summed E-state index contributed by atoms with van der Waals surface area (Å²) in [5.41, 5.74) is 7.15. The van der Waals surface area contributed by atoms with Crippen LogP contribution in [-0.4, -0.2) is 23.4 Å². The molecule has 1 rings (SSSR count). The maximum Gasteiger partial charge on any atom is 0.240 e. The molecule has 0 bridgehead atoms. The molecule has 0 saturated carbocycles. The van der Waals surface area contributed by atoms with E-state index in [0.717, 1.165) is 12.0 Å². The molecule has 1 aromatic carbocycles. The van der Waals surface area contributed by atoms with Gasteiger partial charge in [0.1, 0.15) is 0 Å².